The van der Waals surface area contributed by atoms with Gasteiger partial charge < -0.3 is 13.9 Å². The van der Waals surface area contributed by atoms with Crippen LogP contribution in [0.15, 0.2) is 82.2 Å². The molecule has 0 amide bonds. The van der Waals surface area contributed by atoms with Crippen LogP contribution < -0.4 is 9.47 Å². The van der Waals surface area contributed by atoms with Crippen LogP contribution in [0, 0.1) is 11.3 Å². The van der Waals surface area contributed by atoms with E-state index in [9.17, 15) is 5.26 Å². The molecule has 0 radical (unpaired) electrons. The van der Waals surface area contributed by atoms with Crippen LogP contribution in [-0.2, 0) is 6.42 Å². The molecule has 0 saturated heterocycles. The van der Waals surface area contributed by atoms with Gasteiger partial charge in [-0.3, -0.25) is 0 Å². The lowest BCUT2D eigenvalue weighted by atomic mass is 9.98. The van der Waals surface area contributed by atoms with E-state index >= 15 is 0 Å². The van der Waals surface area contributed by atoms with Gasteiger partial charge in [-0.25, -0.2) is 4.99 Å². The second-order valence-electron chi connectivity index (χ2n) is 7.41. The predicted molar refractivity (Wildman–Crippen MR) is 130 cm³/mol. The molecule has 1 aromatic heterocycles. The minimum atomic E-state index is 0.272. The SMILES string of the molecule is CCc1ccc(C=Nc2oc(-c3ccc(OC)cc3)c(-c3ccc(OC)cc3)c2C#N)cc1. The van der Waals surface area contributed by atoms with Gasteiger partial charge in [0.25, 0.3) is 0 Å². The van der Waals surface area contributed by atoms with E-state index in [1.807, 2.05) is 60.7 Å². The van der Waals surface area contributed by atoms with Crippen molar-refractivity contribution in [3.8, 4) is 40.0 Å². The zero-order chi connectivity index (χ0) is 23.2. The maximum absolute atomic E-state index is 10.0. The maximum Gasteiger partial charge on any atom is 0.238 e. The highest BCUT2D eigenvalue weighted by molar-refractivity contribution is 5.90. The van der Waals surface area contributed by atoms with Crippen LogP contribution in [0.25, 0.3) is 22.5 Å². The number of hydrogen-bond acceptors (Lipinski definition) is 5. The molecule has 0 aliphatic rings. The molecule has 4 aromatic rings. The maximum atomic E-state index is 10.0. The fourth-order valence-corrected chi connectivity index (χ4v) is 3.57. The molecular weight excluding hydrogens is 412 g/mol. The summed E-state index contributed by atoms with van der Waals surface area (Å²) in [4.78, 5) is 4.54. The second-order valence-corrected chi connectivity index (χ2v) is 7.41. The van der Waals surface area contributed by atoms with Crippen molar-refractivity contribution in [2.75, 3.05) is 14.2 Å². The molecule has 0 unspecified atom stereocenters. The molecule has 0 spiro atoms. The Morgan fingerprint density at radius 1 is 0.848 bits per heavy atom. The molecule has 0 atom stereocenters. The summed E-state index contributed by atoms with van der Waals surface area (Å²) in [6.45, 7) is 2.12. The summed E-state index contributed by atoms with van der Waals surface area (Å²) in [5.74, 6) is 2.33. The normalized spacial score (nSPS) is 10.8. The Labute approximate surface area is 193 Å². The number of rotatable bonds is 7. The van der Waals surface area contributed by atoms with E-state index in [4.69, 9.17) is 13.9 Å². The van der Waals surface area contributed by atoms with Crippen molar-refractivity contribution in [3.63, 3.8) is 0 Å². The topological polar surface area (TPSA) is 67.8 Å². The van der Waals surface area contributed by atoms with E-state index < -0.39 is 0 Å². The summed E-state index contributed by atoms with van der Waals surface area (Å²) in [7, 11) is 3.24. The zero-order valence-electron chi connectivity index (χ0n) is 18.8. The van der Waals surface area contributed by atoms with Crippen LogP contribution in [0.5, 0.6) is 11.5 Å². The summed E-state index contributed by atoms with van der Waals surface area (Å²) in [5.41, 5.74) is 4.93. The Morgan fingerprint density at radius 2 is 1.42 bits per heavy atom. The third kappa shape index (κ3) is 4.65. The number of benzene rings is 3. The summed E-state index contributed by atoms with van der Waals surface area (Å²) < 4.78 is 16.7. The zero-order valence-corrected chi connectivity index (χ0v) is 18.8. The Balaban J connectivity index is 1.83. The highest BCUT2D eigenvalue weighted by Crippen LogP contribution is 2.43. The fraction of sp³-hybridized carbons (Fsp3) is 0.143. The van der Waals surface area contributed by atoms with E-state index in [0.717, 1.165) is 34.6 Å². The van der Waals surface area contributed by atoms with Crippen LogP contribution in [0.1, 0.15) is 23.6 Å². The molecule has 5 heteroatoms. The van der Waals surface area contributed by atoms with Gasteiger partial charge in [0.2, 0.25) is 5.88 Å². The number of methoxy groups -OCH3 is 2. The second kappa shape index (κ2) is 9.88. The van der Waals surface area contributed by atoms with E-state index in [1.165, 1.54) is 5.56 Å². The average Bonchev–Trinajstić information content (AvgIpc) is 3.26. The van der Waals surface area contributed by atoms with E-state index in [-0.39, 0.29) is 5.88 Å². The molecule has 0 N–H and O–H groups in total. The largest absolute Gasteiger partial charge is 0.497 e. The molecule has 3 aromatic carbocycles. The predicted octanol–water partition coefficient (Wildman–Crippen LogP) is 6.82. The van der Waals surface area contributed by atoms with Crippen molar-refractivity contribution < 1.29 is 13.9 Å². The molecule has 164 valence electrons. The Morgan fingerprint density at radius 3 is 1.94 bits per heavy atom. The lowest BCUT2D eigenvalue weighted by Gasteiger charge is -2.06. The minimum Gasteiger partial charge on any atom is -0.497 e. The molecule has 1 heterocycles. The molecule has 0 fully saturated rings. The van der Waals surface area contributed by atoms with Gasteiger partial charge in [-0.15, -0.1) is 0 Å². The molecule has 0 aliphatic heterocycles. The van der Waals surface area contributed by atoms with Gasteiger partial charge in [0.05, 0.1) is 14.2 Å². The lowest BCUT2D eigenvalue weighted by molar-refractivity contribution is 0.414. The number of furan rings is 1. The van der Waals surface area contributed by atoms with Crippen molar-refractivity contribution in [1.29, 1.82) is 5.26 Å². The third-order valence-corrected chi connectivity index (χ3v) is 5.45. The molecule has 33 heavy (non-hydrogen) atoms. The molecule has 0 aliphatic carbocycles. The molecule has 5 nitrogen and oxygen atoms in total. The van der Waals surface area contributed by atoms with Crippen molar-refractivity contribution >= 4 is 12.1 Å². The quantitative estimate of drug-likeness (QED) is 0.298. The van der Waals surface area contributed by atoms with Crippen LogP contribution >= 0.6 is 0 Å². The summed E-state index contributed by atoms with van der Waals surface area (Å²) >= 11 is 0. The Bertz CT molecular complexity index is 1290. The molecule has 0 bridgehead atoms. The highest BCUT2D eigenvalue weighted by Gasteiger charge is 2.23. The van der Waals surface area contributed by atoms with Gasteiger partial charge in [-0.2, -0.15) is 5.26 Å². The van der Waals surface area contributed by atoms with Gasteiger partial charge in [-0.1, -0.05) is 43.3 Å². The van der Waals surface area contributed by atoms with Crippen LogP contribution in [0.3, 0.4) is 0 Å². The summed E-state index contributed by atoms with van der Waals surface area (Å²) in [6.07, 6.45) is 2.69. The number of nitrogens with zero attached hydrogens (tertiary/aromatic N) is 2. The first kappa shape index (κ1) is 21.9. The van der Waals surface area contributed by atoms with Gasteiger partial charge >= 0.3 is 0 Å². The van der Waals surface area contributed by atoms with Crippen LogP contribution in [0.4, 0.5) is 5.88 Å². The van der Waals surface area contributed by atoms with Gasteiger partial charge in [0, 0.05) is 17.3 Å². The molecular formula is C28H24N2O3. The summed E-state index contributed by atoms with van der Waals surface area (Å²) in [6, 6.07) is 25.5. The molecule has 0 saturated carbocycles. The lowest BCUT2D eigenvalue weighted by Crippen LogP contribution is -1.87. The van der Waals surface area contributed by atoms with Crippen LogP contribution in [-0.4, -0.2) is 20.4 Å². The third-order valence-electron chi connectivity index (χ3n) is 5.45. The number of aryl methyl sites for hydroxylation is 1. The van der Waals surface area contributed by atoms with Crippen molar-refractivity contribution in [2.45, 2.75) is 13.3 Å². The Kier molecular flexibility index (Phi) is 6.56. The van der Waals surface area contributed by atoms with Crippen molar-refractivity contribution in [1.82, 2.24) is 0 Å². The monoisotopic (exact) mass is 436 g/mol. The number of hydrogen-bond donors (Lipinski definition) is 0. The minimum absolute atomic E-state index is 0.272. The van der Waals surface area contributed by atoms with E-state index in [2.05, 4.69) is 30.1 Å². The number of aliphatic imine (C=N–C) groups is 1. The van der Waals surface area contributed by atoms with Crippen molar-refractivity contribution in [3.05, 3.63) is 89.5 Å². The summed E-state index contributed by atoms with van der Waals surface area (Å²) in [5, 5.41) is 10.0. The molecule has 4 rings (SSSR count). The average molecular weight is 437 g/mol. The first-order chi connectivity index (χ1) is 16.2. The number of ether oxygens (including phenoxy) is 2. The highest BCUT2D eigenvalue weighted by atomic mass is 16.5. The van der Waals surface area contributed by atoms with Crippen molar-refractivity contribution in [2.24, 2.45) is 4.99 Å². The van der Waals surface area contributed by atoms with Gasteiger partial charge in [-0.05, 0) is 59.5 Å². The van der Waals surface area contributed by atoms with E-state index in [0.29, 0.717) is 16.9 Å². The van der Waals surface area contributed by atoms with E-state index in [1.54, 1.807) is 20.4 Å². The first-order valence-corrected chi connectivity index (χ1v) is 10.7. The van der Waals surface area contributed by atoms with Crippen LogP contribution in [0.2, 0.25) is 0 Å². The standard InChI is InChI=1S/C28H24N2O3/c1-4-19-5-7-20(8-6-19)18-30-28-25(17-29)26(21-9-13-23(31-2)14-10-21)27(33-28)22-11-15-24(32-3)16-12-22/h5-16,18H,4H2,1-3H3. The van der Waals surface area contributed by atoms with Gasteiger partial charge in [0.1, 0.15) is 28.9 Å². The number of nitriles is 1. The van der Waals surface area contributed by atoms with Gasteiger partial charge in [0.15, 0.2) is 0 Å². The Hall–Kier alpha value is -4.30. The first-order valence-electron chi connectivity index (χ1n) is 10.7. The fourth-order valence-electron chi connectivity index (χ4n) is 3.57. The smallest absolute Gasteiger partial charge is 0.238 e.